The number of benzene rings is 1. The lowest BCUT2D eigenvalue weighted by Gasteiger charge is -2.07. The molecule has 3 rings (SSSR count). The first kappa shape index (κ1) is 15.4. The van der Waals surface area contributed by atoms with Gasteiger partial charge in [-0.1, -0.05) is 12.1 Å². The van der Waals surface area contributed by atoms with Gasteiger partial charge >= 0.3 is 0 Å². The quantitative estimate of drug-likeness (QED) is 0.713. The third-order valence-electron chi connectivity index (χ3n) is 3.52. The minimum atomic E-state index is -3.52. The van der Waals surface area contributed by atoms with Gasteiger partial charge < -0.3 is 4.98 Å². The number of nitrogens with one attached hydrogen (secondary N) is 2. The molecule has 0 spiro atoms. The van der Waals surface area contributed by atoms with Crippen LogP contribution < -0.4 is 4.72 Å². The van der Waals surface area contributed by atoms with E-state index in [9.17, 15) is 8.42 Å². The van der Waals surface area contributed by atoms with Crippen LogP contribution in [0.25, 0.3) is 11.3 Å². The summed E-state index contributed by atoms with van der Waals surface area (Å²) in [6, 6.07) is 8.63. The monoisotopic (exact) mass is 331 g/mol. The Hall–Kier alpha value is -2.45. The van der Waals surface area contributed by atoms with Gasteiger partial charge in [-0.05, 0) is 23.8 Å². The van der Waals surface area contributed by atoms with Crippen molar-refractivity contribution in [3.8, 4) is 11.3 Å². The fourth-order valence-corrected chi connectivity index (χ4v) is 3.32. The summed E-state index contributed by atoms with van der Waals surface area (Å²) in [5.41, 5.74) is 2.74. The lowest BCUT2D eigenvalue weighted by atomic mass is 10.1. The molecule has 2 N–H and O–H groups in total. The van der Waals surface area contributed by atoms with E-state index in [1.165, 1.54) is 0 Å². The molecule has 0 amide bonds. The fourth-order valence-electron chi connectivity index (χ4n) is 2.29. The SMILES string of the molecule is Cn1nccc1-c1ccc(S(=O)(=O)NCCc2cnc[nH]2)cc1. The van der Waals surface area contributed by atoms with Crippen LogP contribution in [0, 0.1) is 0 Å². The van der Waals surface area contributed by atoms with Crippen molar-refractivity contribution in [1.82, 2.24) is 24.5 Å². The van der Waals surface area contributed by atoms with Crippen LogP contribution in [0.1, 0.15) is 5.69 Å². The summed E-state index contributed by atoms with van der Waals surface area (Å²) in [6.45, 7) is 0.314. The van der Waals surface area contributed by atoms with Gasteiger partial charge in [0.05, 0.1) is 16.9 Å². The lowest BCUT2D eigenvalue weighted by molar-refractivity contribution is 0.581. The number of aromatic nitrogens is 4. The van der Waals surface area contributed by atoms with Crippen molar-refractivity contribution >= 4 is 10.0 Å². The number of aromatic amines is 1. The van der Waals surface area contributed by atoms with Crippen molar-refractivity contribution in [3.05, 3.63) is 54.7 Å². The van der Waals surface area contributed by atoms with Gasteiger partial charge in [0.15, 0.2) is 0 Å². The molecule has 2 heterocycles. The van der Waals surface area contributed by atoms with Crippen molar-refractivity contribution in [2.45, 2.75) is 11.3 Å². The van der Waals surface area contributed by atoms with Crippen LogP contribution >= 0.6 is 0 Å². The Morgan fingerprint density at radius 2 is 2.00 bits per heavy atom. The summed E-state index contributed by atoms with van der Waals surface area (Å²) in [7, 11) is -1.67. The average Bonchev–Trinajstić information content (AvgIpc) is 3.19. The Bertz CT molecular complexity index is 867. The molecule has 0 aliphatic rings. The number of hydrogen-bond donors (Lipinski definition) is 2. The molecule has 0 unspecified atom stereocenters. The molecule has 8 heteroatoms. The summed E-state index contributed by atoms with van der Waals surface area (Å²) in [5, 5.41) is 4.11. The highest BCUT2D eigenvalue weighted by atomic mass is 32.2. The molecule has 1 aromatic carbocycles. The fraction of sp³-hybridized carbons (Fsp3) is 0.200. The van der Waals surface area contributed by atoms with Gasteiger partial charge in [-0.3, -0.25) is 4.68 Å². The van der Waals surface area contributed by atoms with E-state index in [2.05, 4.69) is 19.8 Å². The van der Waals surface area contributed by atoms with Gasteiger partial charge in [0.25, 0.3) is 0 Å². The third-order valence-corrected chi connectivity index (χ3v) is 5.00. The van der Waals surface area contributed by atoms with Gasteiger partial charge in [0.1, 0.15) is 0 Å². The molecule has 120 valence electrons. The van der Waals surface area contributed by atoms with E-state index >= 15 is 0 Å². The predicted molar refractivity (Wildman–Crippen MR) is 86.1 cm³/mol. The summed E-state index contributed by atoms with van der Waals surface area (Å²) in [5.74, 6) is 0. The summed E-state index contributed by atoms with van der Waals surface area (Å²) in [6.07, 6.45) is 5.52. The second-order valence-corrected chi connectivity index (χ2v) is 6.86. The highest BCUT2D eigenvalue weighted by Crippen LogP contribution is 2.20. The molecular formula is C15H17N5O2S. The molecular weight excluding hydrogens is 314 g/mol. The number of hydrogen-bond acceptors (Lipinski definition) is 4. The van der Waals surface area contributed by atoms with Gasteiger partial charge in [-0.2, -0.15) is 5.10 Å². The van der Waals surface area contributed by atoms with E-state index in [1.807, 2.05) is 13.1 Å². The number of aryl methyl sites for hydroxylation is 1. The zero-order chi connectivity index (χ0) is 16.3. The highest BCUT2D eigenvalue weighted by molar-refractivity contribution is 7.89. The second kappa shape index (κ2) is 6.35. The molecule has 0 saturated heterocycles. The van der Waals surface area contributed by atoms with Gasteiger partial charge in [-0.15, -0.1) is 0 Å². The number of rotatable bonds is 6. The van der Waals surface area contributed by atoms with Crippen LogP contribution in [0.15, 0.2) is 53.9 Å². The number of nitrogens with zero attached hydrogens (tertiary/aromatic N) is 3. The van der Waals surface area contributed by atoms with E-state index in [0.29, 0.717) is 13.0 Å². The van der Waals surface area contributed by atoms with E-state index in [4.69, 9.17) is 0 Å². The van der Waals surface area contributed by atoms with Crippen molar-refractivity contribution < 1.29 is 8.42 Å². The highest BCUT2D eigenvalue weighted by Gasteiger charge is 2.14. The molecule has 0 aliphatic carbocycles. The maximum atomic E-state index is 12.3. The van der Waals surface area contributed by atoms with Crippen LogP contribution in [0.4, 0.5) is 0 Å². The number of H-pyrrole nitrogens is 1. The molecule has 0 fully saturated rings. The van der Waals surface area contributed by atoms with Crippen LogP contribution in [-0.2, 0) is 23.5 Å². The summed E-state index contributed by atoms with van der Waals surface area (Å²) >= 11 is 0. The van der Waals surface area contributed by atoms with Crippen LogP contribution in [0.5, 0.6) is 0 Å². The van der Waals surface area contributed by atoms with Crippen LogP contribution in [0.2, 0.25) is 0 Å². The minimum Gasteiger partial charge on any atom is -0.348 e. The Labute approximate surface area is 134 Å². The molecule has 0 aliphatic heterocycles. The molecule has 7 nitrogen and oxygen atoms in total. The Morgan fingerprint density at radius 3 is 2.61 bits per heavy atom. The summed E-state index contributed by atoms with van der Waals surface area (Å²) < 4.78 is 28.9. The molecule has 0 atom stereocenters. The normalized spacial score (nSPS) is 11.7. The van der Waals surface area contributed by atoms with Crippen molar-refractivity contribution in [2.24, 2.45) is 7.05 Å². The summed E-state index contributed by atoms with van der Waals surface area (Å²) in [4.78, 5) is 7.08. The minimum absolute atomic E-state index is 0.244. The topological polar surface area (TPSA) is 92.7 Å². The zero-order valence-corrected chi connectivity index (χ0v) is 13.4. The Balaban J connectivity index is 1.69. The van der Waals surface area contributed by atoms with E-state index in [0.717, 1.165) is 17.0 Å². The van der Waals surface area contributed by atoms with Gasteiger partial charge in [-0.25, -0.2) is 18.1 Å². The molecule has 3 aromatic rings. The Kier molecular flexibility index (Phi) is 4.26. The Morgan fingerprint density at radius 1 is 1.22 bits per heavy atom. The van der Waals surface area contributed by atoms with Gasteiger partial charge in [0.2, 0.25) is 10.0 Å². The standard InChI is InChI=1S/C15H17N5O2S/c1-20-15(7-8-18-20)12-2-4-14(5-3-12)23(21,22)19-9-6-13-10-16-11-17-13/h2-5,7-8,10-11,19H,6,9H2,1H3,(H,16,17). The lowest BCUT2D eigenvalue weighted by Crippen LogP contribution is -2.26. The second-order valence-electron chi connectivity index (χ2n) is 5.09. The first-order valence-electron chi connectivity index (χ1n) is 7.11. The zero-order valence-electron chi connectivity index (χ0n) is 12.6. The van der Waals surface area contributed by atoms with Crippen molar-refractivity contribution in [3.63, 3.8) is 0 Å². The number of imidazole rings is 1. The van der Waals surface area contributed by atoms with Crippen LogP contribution in [0.3, 0.4) is 0 Å². The van der Waals surface area contributed by atoms with Crippen molar-refractivity contribution in [2.75, 3.05) is 6.54 Å². The number of sulfonamides is 1. The third kappa shape index (κ3) is 3.49. The van der Waals surface area contributed by atoms with Gasteiger partial charge in [0, 0.05) is 38.1 Å². The molecule has 23 heavy (non-hydrogen) atoms. The van der Waals surface area contributed by atoms with Crippen molar-refractivity contribution in [1.29, 1.82) is 0 Å². The largest absolute Gasteiger partial charge is 0.348 e. The molecule has 0 saturated carbocycles. The average molecular weight is 331 g/mol. The first-order valence-corrected chi connectivity index (χ1v) is 8.60. The molecule has 2 aromatic heterocycles. The van der Waals surface area contributed by atoms with E-state index < -0.39 is 10.0 Å². The van der Waals surface area contributed by atoms with Crippen LogP contribution in [-0.4, -0.2) is 34.7 Å². The maximum Gasteiger partial charge on any atom is 0.240 e. The van der Waals surface area contributed by atoms with E-state index in [1.54, 1.807) is 47.7 Å². The smallest absolute Gasteiger partial charge is 0.240 e. The predicted octanol–water partition coefficient (Wildman–Crippen LogP) is 1.33. The van der Waals surface area contributed by atoms with E-state index in [-0.39, 0.29) is 4.90 Å². The molecule has 0 bridgehead atoms. The maximum absolute atomic E-state index is 12.3. The molecule has 0 radical (unpaired) electrons. The first-order chi connectivity index (χ1) is 11.1.